The zero-order valence-electron chi connectivity index (χ0n) is 18.8. The van der Waals surface area contributed by atoms with Gasteiger partial charge in [-0.3, -0.25) is 4.79 Å². The number of nitrogens with one attached hydrogen (secondary N) is 1. The van der Waals surface area contributed by atoms with E-state index in [1.165, 1.54) is 54.4 Å². The quantitative estimate of drug-likeness (QED) is 0.742. The van der Waals surface area contributed by atoms with Gasteiger partial charge in [0.15, 0.2) is 0 Å². The summed E-state index contributed by atoms with van der Waals surface area (Å²) in [6.07, 6.45) is 9.31. The molecule has 1 amide bonds. The summed E-state index contributed by atoms with van der Waals surface area (Å²) in [6.45, 7) is 1.13. The molecule has 1 saturated carbocycles. The molecule has 5 rings (SSSR count). The standard InChI is InChI=1S/C27H34N2O2/c1-29(27(30)24-13-11-21(18-6-7-18)17-26(24)31-2)23-12-10-19-15-22(9-8-20(19)16-23)25-5-3-4-14-28-25/h8-9,11,13,15,17-18,23,25,28H,3-7,10,12,14,16H2,1-2H3. The van der Waals surface area contributed by atoms with Gasteiger partial charge in [-0.05, 0) is 91.8 Å². The first-order valence-corrected chi connectivity index (χ1v) is 11.9. The van der Waals surface area contributed by atoms with E-state index in [2.05, 4.69) is 35.6 Å². The summed E-state index contributed by atoms with van der Waals surface area (Å²) in [7, 11) is 3.62. The second kappa shape index (κ2) is 8.66. The first kappa shape index (κ1) is 20.6. The zero-order chi connectivity index (χ0) is 21.4. The van der Waals surface area contributed by atoms with Crippen molar-refractivity contribution in [1.82, 2.24) is 10.2 Å². The number of likely N-dealkylation sites (N-methyl/N-ethyl adjacent to an activating group) is 1. The maximum atomic E-state index is 13.3. The van der Waals surface area contributed by atoms with Crippen molar-refractivity contribution in [3.05, 3.63) is 64.2 Å². The number of nitrogens with zero attached hydrogens (tertiary/aromatic N) is 1. The molecule has 2 aromatic carbocycles. The number of hydrogen-bond donors (Lipinski definition) is 1. The molecular weight excluding hydrogens is 384 g/mol. The zero-order valence-corrected chi connectivity index (χ0v) is 18.8. The van der Waals surface area contributed by atoms with Crippen LogP contribution in [0.25, 0.3) is 0 Å². The molecule has 2 fully saturated rings. The second-order valence-corrected chi connectivity index (χ2v) is 9.58. The maximum Gasteiger partial charge on any atom is 0.257 e. The molecule has 1 heterocycles. The lowest BCUT2D eigenvalue weighted by Gasteiger charge is -2.33. The Bertz CT molecular complexity index is 960. The van der Waals surface area contributed by atoms with E-state index in [1.807, 2.05) is 18.0 Å². The highest BCUT2D eigenvalue weighted by Crippen LogP contribution is 2.42. The number of hydrogen-bond acceptors (Lipinski definition) is 3. The van der Waals surface area contributed by atoms with Crippen LogP contribution in [0.4, 0.5) is 0 Å². The van der Waals surface area contributed by atoms with Crippen molar-refractivity contribution in [2.75, 3.05) is 20.7 Å². The molecule has 0 bridgehead atoms. The molecule has 0 spiro atoms. The smallest absolute Gasteiger partial charge is 0.257 e. The van der Waals surface area contributed by atoms with Crippen LogP contribution in [0.15, 0.2) is 36.4 Å². The molecule has 2 atom stereocenters. The van der Waals surface area contributed by atoms with E-state index in [4.69, 9.17) is 4.74 Å². The molecule has 2 aliphatic carbocycles. The van der Waals surface area contributed by atoms with E-state index < -0.39 is 0 Å². The van der Waals surface area contributed by atoms with Gasteiger partial charge in [0.05, 0.1) is 12.7 Å². The van der Waals surface area contributed by atoms with Crippen LogP contribution in [0.5, 0.6) is 5.75 Å². The van der Waals surface area contributed by atoms with Crippen LogP contribution in [-0.2, 0) is 12.8 Å². The average Bonchev–Trinajstić information content (AvgIpc) is 3.68. The predicted octanol–water partition coefficient (Wildman–Crippen LogP) is 5.02. The monoisotopic (exact) mass is 418 g/mol. The van der Waals surface area contributed by atoms with Crippen molar-refractivity contribution in [3.8, 4) is 5.75 Å². The van der Waals surface area contributed by atoms with E-state index in [-0.39, 0.29) is 11.9 Å². The van der Waals surface area contributed by atoms with Gasteiger partial charge < -0.3 is 15.0 Å². The summed E-state index contributed by atoms with van der Waals surface area (Å²) in [5.74, 6) is 1.43. The van der Waals surface area contributed by atoms with Crippen molar-refractivity contribution in [2.45, 2.75) is 69.4 Å². The Labute approximate surface area is 186 Å². The van der Waals surface area contributed by atoms with Gasteiger partial charge in [-0.2, -0.15) is 0 Å². The van der Waals surface area contributed by atoms with Gasteiger partial charge in [-0.1, -0.05) is 30.7 Å². The maximum absolute atomic E-state index is 13.3. The van der Waals surface area contributed by atoms with Gasteiger partial charge in [-0.15, -0.1) is 0 Å². The molecule has 31 heavy (non-hydrogen) atoms. The lowest BCUT2D eigenvalue weighted by Crippen LogP contribution is -2.40. The number of ether oxygens (including phenoxy) is 1. The van der Waals surface area contributed by atoms with Gasteiger partial charge in [0.25, 0.3) is 5.91 Å². The first-order valence-electron chi connectivity index (χ1n) is 11.9. The van der Waals surface area contributed by atoms with Gasteiger partial charge in [0.2, 0.25) is 0 Å². The van der Waals surface area contributed by atoms with Crippen molar-refractivity contribution in [3.63, 3.8) is 0 Å². The average molecular weight is 419 g/mol. The molecule has 4 heteroatoms. The Balaban J connectivity index is 1.30. The third-order valence-corrected chi connectivity index (χ3v) is 7.52. The van der Waals surface area contributed by atoms with E-state index in [0.29, 0.717) is 23.3 Å². The van der Waals surface area contributed by atoms with E-state index in [9.17, 15) is 4.79 Å². The minimum Gasteiger partial charge on any atom is -0.496 e. The topological polar surface area (TPSA) is 41.6 Å². The fraction of sp³-hybridized carbons (Fsp3) is 0.519. The molecule has 0 radical (unpaired) electrons. The predicted molar refractivity (Wildman–Crippen MR) is 124 cm³/mol. The highest BCUT2D eigenvalue weighted by molar-refractivity contribution is 5.97. The van der Waals surface area contributed by atoms with Gasteiger partial charge >= 0.3 is 0 Å². The minimum absolute atomic E-state index is 0.0654. The number of fused-ring (bicyclic) bond motifs is 1. The summed E-state index contributed by atoms with van der Waals surface area (Å²) in [6, 6.07) is 13.9. The number of methoxy groups -OCH3 is 1. The SMILES string of the molecule is COc1cc(C2CC2)ccc1C(=O)N(C)C1CCc2cc(C3CCCCN3)ccc2C1. The summed E-state index contributed by atoms with van der Waals surface area (Å²) < 4.78 is 5.60. The van der Waals surface area contributed by atoms with Crippen LogP contribution >= 0.6 is 0 Å². The summed E-state index contributed by atoms with van der Waals surface area (Å²) >= 11 is 0. The third-order valence-electron chi connectivity index (χ3n) is 7.52. The number of rotatable bonds is 5. The Hall–Kier alpha value is -2.33. The summed E-state index contributed by atoms with van der Waals surface area (Å²) in [5.41, 5.74) is 6.27. The highest BCUT2D eigenvalue weighted by Gasteiger charge is 2.29. The number of piperidine rings is 1. The molecular formula is C27H34N2O2. The number of amides is 1. The Morgan fingerprint density at radius 1 is 1.00 bits per heavy atom. The van der Waals surface area contributed by atoms with E-state index >= 15 is 0 Å². The fourth-order valence-electron chi connectivity index (χ4n) is 5.35. The first-order chi connectivity index (χ1) is 15.1. The van der Waals surface area contributed by atoms with Crippen molar-refractivity contribution >= 4 is 5.91 Å². The molecule has 3 aliphatic rings. The minimum atomic E-state index is 0.0654. The molecule has 0 aromatic heterocycles. The summed E-state index contributed by atoms with van der Waals surface area (Å²) in [5, 5.41) is 3.66. The largest absolute Gasteiger partial charge is 0.496 e. The van der Waals surface area contributed by atoms with Crippen molar-refractivity contribution in [1.29, 1.82) is 0 Å². The van der Waals surface area contributed by atoms with Gasteiger partial charge in [-0.25, -0.2) is 0 Å². The van der Waals surface area contributed by atoms with E-state index in [1.54, 1.807) is 7.11 Å². The van der Waals surface area contributed by atoms with Crippen LogP contribution in [0.2, 0.25) is 0 Å². The number of carbonyl (C=O) groups is 1. The Morgan fingerprint density at radius 3 is 2.58 bits per heavy atom. The molecule has 164 valence electrons. The van der Waals surface area contributed by atoms with Crippen molar-refractivity contribution in [2.24, 2.45) is 0 Å². The molecule has 1 aliphatic heterocycles. The molecule has 2 aromatic rings. The van der Waals surface area contributed by atoms with Crippen molar-refractivity contribution < 1.29 is 9.53 Å². The summed E-state index contributed by atoms with van der Waals surface area (Å²) in [4.78, 5) is 15.3. The number of carbonyl (C=O) groups excluding carboxylic acids is 1. The van der Waals surface area contributed by atoms with Crippen LogP contribution in [0.1, 0.15) is 83.1 Å². The number of benzene rings is 2. The lowest BCUT2D eigenvalue weighted by atomic mass is 9.84. The third kappa shape index (κ3) is 4.23. The molecule has 2 unspecified atom stereocenters. The van der Waals surface area contributed by atoms with Crippen LogP contribution in [0.3, 0.4) is 0 Å². The Kier molecular flexibility index (Phi) is 5.75. The van der Waals surface area contributed by atoms with Gasteiger partial charge in [0.1, 0.15) is 5.75 Å². The molecule has 1 saturated heterocycles. The van der Waals surface area contributed by atoms with Crippen LogP contribution < -0.4 is 10.1 Å². The normalized spacial score (nSPS) is 23.2. The van der Waals surface area contributed by atoms with Crippen LogP contribution in [0, 0.1) is 0 Å². The Morgan fingerprint density at radius 2 is 1.84 bits per heavy atom. The van der Waals surface area contributed by atoms with Gasteiger partial charge in [0, 0.05) is 19.1 Å². The fourth-order valence-corrected chi connectivity index (χ4v) is 5.35. The second-order valence-electron chi connectivity index (χ2n) is 9.58. The van der Waals surface area contributed by atoms with Crippen LogP contribution in [-0.4, -0.2) is 37.6 Å². The van der Waals surface area contributed by atoms with E-state index in [0.717, 1.165) is 25.8 Å². The molecule has 1 N–H and O–H groups in total. The molecule has 4 nitrogen and oxygen atoms in total. The highest BCUT2D eigenvalue weighted by atomic mass is 16.5. The lowest BCUT2D eigenvalue weighted by molar-refractivity contribution is 0.0715. The number of aryl methyl sites for hydroxylation is 1.